The zero-order chi connectivity index (χ0) is 16.2. The van der Waals surface area contributed by atoms with Gasteiger partial charge in [-0.25, -0.2) is 8.42 Å². The van der Waals surface area contributed by atoms with Crippen LogP contribution in [0.25, 0.3) is 11.3 Å². The average molecular weight is 343 g/mol. The molecule has 0 aliphatic carbocycles. The highest BCUT2D eigenvalue weighted by molar-refractivity contribution is 7.91. The smallest absolute Gasteiger partial charge is 0.289 e. The summed E-state index contributed by atoms with van der Waals surface area (Å²) in [5.74, 6) is -0.551. The van der Waals surface area contributed by atoms with Crippen molar-refractivity contribution in [2.75, 3.05) is 18.1 Å². The van der Waals surface area contributed by atoms with E-state index < -0.39 is 15.7 Å². The molecule has 0 radical (unpaired) electrons. The average Bonchev–Trinajstić information content (AvgIpc) is 2.97. The van der Waals surface area contributed by atoms with Gasteiger partial charge in [-0.3, -0.25) is 4.79 Å². The van der Waals surface area contributed by atoms with E-state index in [2.05, 4.69) is 10.5 Å². The van der Waals surface area contributed by atoms with E-state index in [1.54, 1.807) is 31.2 Å². The second-order valence-electron chi connectivity index (χ2n) is 4.58. The molecule has 22 heavy (non-hydrogen) atoms. The first-order chi connectivity index (χ1) is 10.4. The van der Waals surface area contributed by atoms with Gasteiger partial charge in [0.1, 0.15) is 5.69 Å². The van der Waals surface area contributed by atoms with E-state index in [-0.39, 0.29) is 23.8 Å². The van der Waals surface area contributed by atoms with E-state index in [4.69, 9.17) is 16.1 Å². The first kappa shape index (κ1) is 16.5. The van der Waals surface area contributed by atoms with Crippen LogP contribution in [0.1, 0.15) is 17.5 Å². The first-order valence-electron chi connectivity index (χ1n) is 6.62. The van der Waals surface area contributed by atoms with Gasteiger partial charge in [0, 0.05) is 29.0 Å². The molecule has 0 spiro atoms. The van der Waals surface area contributed by atoms with E-state index in [0.29, 0.717) is 10.7 Å². The number of nitrogens with zero attached hydrogens (tertiary/aromatic N) is 1. The maximum atomic E-state index is 11.9. The van der Waals surface area contributed by atoms with Crippen LogP contribution in [0.2, 0.25) is 5.02 Å². The fraction of sp³-hybridized carbons (Fsp3) is 0.286. The molecule has 0 aliphatic heterocycles. The predicted octanol–water partition coefficient (Wildman–Crippen LogP) is 2.16. The molecule has 1 aromatic carbocycles. The number of aromatic nitrogens is 1. The largest absolute Gasteiger partial charge is 0.350 e. The van der Waals surface area contributed by atoms with Gasteiger partial charge < -0.3 is 9.84 Å². The Labute approximate surface area is 133 Å². The van der Waals surface area contributed by atoms with Crippen molar-refractivity contribution in [3.05, 3.63) is 41.1 Å². The second kappa shape index (κ2) is 6.93. The molecule has 8 heteroatoms. The molecule has 0 aliphatic rings. The van der Waals surface area contributed by atoms with Crippen LogP contribution in [-0.2, 0) is 9.84 Å². The standard InChI is InChI=1S/C14H15ClN2O4S/c1-2-22(19,20)7-6-16-14(18)13-9-12(17-21-13)10-4-3-5-11(15)8-10/h3-5,8-9H,2,6-7H2,1H3,(H,16,18). The molecule has 0 unspecified atom stereocenters. The molecule has 1 N–H and O–H groups in total. The molecule has 2 aromatic rings. The Kier molecular flexibility index (Phi) is 5.20. The Morgan fingerprint density at radius 2 is 2.14 bits per heavy atom. The van der Waals surface area contributed by atoms with Gasteiger partial charge in [0.15, 0.2) is 9.84 Å². The predicted molar refractivity (Wildman–Crippen MR) is 83.6 cm³/mol. The Bertz CT molecular complexity index is 771. The van der Waals surface area contributed by atoms with Crippen molar-refractivity contribution in [3.63, 3.8) is 0 Å². The van der Waals surface area contributed by atoms with Crippen LogP contribution in [-0.4, -0.2) is 37.5 Å². The lowest BCUT2D eigenvalue weighted by Crippen LogP contribution is -2.29. The zero-order valence-corrected chi connectivity index (χ0v) is 13.4. The molecule has 6 nitrogen and oxygen atoms in total. The lowest BCUT2D eigenvalue weighted by atomic mass is 10.1. The van der Waals surface area contributed by atoms with Gasteiger partial charge >= 0.3 is 0 Å². The fourth-order valence-electron chi connectivity index (χ4n) is 1.72. The molecular weight excluding hydrogens is 328 g/mol. The molecule has 0 fully saturated rings. The minimum atomic E-state index is -3.12. The highest BCUT2D eigenvalue weighted by atomic mass is 35.5. The van der Waals surface area contributed by atoms with Crippen molar-refractivity contribution < 1.29 is 17.7 Å². The highest BCUT2D eigenvalue weighted by Gasteiger charge is 2.15. The molecule has 2 rings (SSSR count). The zero-order valence-electron chi connectivity index (χ0n) is 11.9. The van der Waals surface area contributed by atoms with Crippen molar-refractivity contribution in [1.29, 1.82) is 0 Å². The molecule has 1 aromatic heterocycles. The summed E-state index contributed by atoms with van der Waals surface area (Å²) in [7, 11) is -3.12. The van der Waals surface area contributed by atoms with Crippen LogP contribution in [0.3, 0.4) is 0 Å². The molecule has 1 heterocycles. The second-order valence-corrected chi connectivity index (χ2v) is 7.49. The summed E-state index contributed by atoms with van der Waals surface area (Å²) >= 11 is 5.89. The first-order valence-corrected chi connectivity index (χ1v) is 8.82. The monoisotopic (exact) mass is 342 g/mol. The van der Waals surface area contributed by atoms with Gasteiger partial charge in [-0.1, -0.05) is 35.8 Å². The van der Waals surface area contributed by atoms with Crippen LogP contribution in [0.5, 0.6) is 0 Å². The topological polar surface area (TPSA) is 89.3 Å². The van der Waals surface area contributed by atoms with Crippen molar-refractivity contribution in [3.8, 4) is 11.3 Å². The van der Waals surface area contributed by atoms with E-state index in [1.165, 1.54) is 6.07 Å². The minimum absolute atomic E-state index is 0.0175. The highest BCUT2D eigenvalue weighted by Crippen LogP contribution is 2.22. The SMILES string of the molecule is CCS(=O)(=O)CCNC(=O)c1cc(-c2cccc(Cl)c2)no1. The van der Waals surface area contributed by atoms with Gasteiger partial charge in [-0.2, -0.15) is 0 Å². The summed E-state index contributed by atoms with van der Waals surface area (Å²) in [6.45, 7) is 1.59. The van der Waals surface area contributed by atoms with Gasteiger partial charge in [-0.15, -0.1) is 0 Å². The third-order valence-corrected chi connectivity index (χ3v) is 4.93. The number of halogens is 1. The summed E-state index contributed by atoms with van der Waals surface area (Å²) in [6, 6.07) is 8.47. The molecule has 0 atom stereocenters. The summed E-state index contributed by atoms with van der Waals surface area (Å²) in [4.78, 5) is 11.9. The van der Waals surface area contributed by atoms with E-state index in [0.717, 1.165) is 5.56 Å². The summed E-state index contributed by atoms with van der Waals surface area (Å²) in [5, 5.41) is 6.85. The lowest BCUT2D eigenvalue weighted by molar-refractivity contribution is 0.0919. The number of nitrogens with one attached hydrogen (secondary N) is 1. The number of hydrogen-bond donors (Lipinski definition) is 1. The number of hydrogen-bond acceptors (Lipinski definition) is 5. The van der Waals surface area contributed by atoms with Crippen LogP contribution in [0.4, 0.5) is 0 Å². The molecular formula is C14H15ClN2O4S. The molecule has 118 valence electrons. The molecule has 0 bridgehead atoms. The number of benzene rings is 1. The van der Waals surface area contributed by atoms with Gasteiger partial charge in [0.05, 0.1) is 5.75 Å². The Balaban J connectivity index is 2.01. The third-order valence-electron chi connectivity index (χ3n) is 2.99. The quantitative estimate of drug-likeness (QED) is 0.868. The maximum absolute atomic E-state index is 11.9. The Morgan fingerprint density at radius 3 is 2.82 bits per heavy atom. The van der Waals surface area contributed by atoms with Crippen molar-refractivity contribution >= 4 is 27.3 Å². The number of carbonyl (C=O) groups is 1. The van der Waals surface area contributed by atoms with Crippen molar-refractivity contribution in [1.82, 2.24) is 10.5 Å². The number of carbonyl (C=O) groups excluding carboxylic acids is 1. The van der Waals surface area contributed by atoms with Gasteiger partial charge in [0.2, 0.25) is 5.76 Å². The van der Waals surface area contributed by atoms with Crippen LogP contribution >= 0.6 is 11.6 Å². The van der Waals surface area contributed by atoms with Crippen LogP contribution in [0.15, 0.2) is 34.9 Å². The van der Waals surface area contributed by atoms with E-state index in [9.17, 15) is 13.2 Å². The van der Waals surface area contributed by atoms with Crippen LogP contribution in [0, 0.1) is 0 Å². The summed E-state index contributed by atoms with van der Waals surface area (Å²) in [5.41, 5.74) is 1.21. The van der Waals surface area contributed by atoms with E-state index in [1.807, 2.05) is 0 Å². The lowest BCUT2D eigenvalue weighted by Gasteiger charge is -2.02. The number of sulfone groups is 1. The maximum Gasteiger partial charge on any atom is 0.289 e. The fourth-order valence-corrected chi connectivity index (χ4v) is 2.61. The minimum Gasteiger partial charge on any atom is -0.350 e. The van der Waals surface area contributed by atoms with Gasteiger partial charge in [0.25, 0.3) is 5.91 Å². The summed E-state index contributed by atoms with van der Waals surface area (Å²) in [6.07, 6.45) is 0. The van der Waals surface area contributed by atoms with Crippen molar-refractivity contribution in [2.45, 2.75) is 6.92 Å². The molecule has 0 saturated heterocycles. The van der Waals surface area contributed by atoms with Gasteiger partial charge in [-0.05, 0) is 12.1 Å². The van der Waals surface area contributed by atoms with Crippen molar-refractivity contribution in [2.24, 2.45) is 0 Å². The Morgan fingerprint density at radius 1 is 1.36 bits per heavy atom. The number of rotatable bonds is 6. The summed E-state index contributed by atoms with van der Waals surface area (Å²) < 4.78 is 27.7. The van der Waals surface area contributed by atoms with E-state index >= 15 is 0 Å². The molecule has 1 amide bonds. The van der Waals surface area contributed by atoms with Crippen LogP contribution < -0.4 is 5.32 Å². The normalized spacial score (nSPS) is 11.4. The number of amides is 1. The third kappa shape index (κ3) is 4.32. The Hall–Kier alpha value is -1.86. The molecule has 0 saturated carbocycles.